The average Bonchev–Trinajstić information content (AvgIpc) is 2.87. The number of hydrogen-bond acceptors (Lipinski definition) is 2. The van der Waals surface area contributed by atoms with Crippen LogP contribution in [-0.2, 0) is 11.2 Å². The zero-order valence-electron chi connectivity index (χ0n) is 12.1. The molecule has 0 amide bonds. The molecule has 0 aromatic heterocycles. The van der Waals surface area contributed by atoms with Gasteiger partial charge in [0.1, 0.15) is 11.6 Å². The van der Waals surface area contributed by atoms with Gasteiger partial charge in [0.2, 0.25) is 0 Å². The third-order valence-corrected chi connectivity index (χ3v) is 4.23. The molecule has 1 aromatic rings. The highest BCUT2D eigenvalue weighted by Gasteiger charge is 2.34. The third kappa shape index (κ3) is 4.00. The average molecular weight is 283 g/mol. The van der Waals surface area contributed by atoms with Crippen LogP contribution >= 0.6 is 0 Å². The van der Waals surface area contributed by atoms with Gasteiger partial charge in [-0.25, -0.2) is 8.78 Å². The first-order valence-corrected chi connectivity index (χ1v) is 7.29. The van der Waals surface area contributed by atoms with Gasteiger partial charge in [-0.15, -0.1) is 0 Å². The van der Waals surface area contributed by atoms with Crippen molar-refractivity contribution in [3.8, 4) is 0 Å². The Kier molecular flexibility index (Phi) is 5.49. The Labute approximate surface area is 119 Å². The van der Waals surface area contributed by atoms with E-state index in [2.05, 4.69) is 5.32 Å². The fraction of sp³-hybridized carbons (Fsp3) is 0.625. The van der Waals surface area contributed by atoms with E-state index < -0.39 is 11.6 Å². The van der Waals surface area contributed by atoms with E-state index in [9.17, 15) is 8.78 Å². The molecule has 0 spiro atoms. The van der Waals surface area contributed by atoms with E-state index >= 15 is 0 Å². The molecule has 1 aliphatic rings. The first kappa shape index (κ1) is 15.4. The minimum Gasteiger partial charge on any atom is -0.383 e. The second-order valence-corrected chi connectivity index (χ2v) is 5.79. The van der Waals surface area contributed by atoms with Crippen LogP contribution in [-0.4, -0.2) is 26.8 Å². The maximum atomic E-state index is 13.8. The number of methoxy groups -OCH3 is 1. The van der Waals surface area contributed by atoms with E-state index in [1.165, 1.54) is 18.9 Å². The SMILES string of the molecule is COCCNCC1(Cc2ccc(F)cc2F)CCCC1. The molecule has 0 saturated heterocycles. The molecule has 2 nitrogen and oxygen atoms in total. The van der Waals surface area contributed by atoms with Gasteiger partial charge in [-0.05, 0) is 36.3 Å². The van der Waals surface area contributed by atoms with Gasteiger partial charge in [0.15, 0.2) is 0 Å². The molecular formula is C16H23F2NO. The molecule has 112 valence electrons. The molecule has 0 atom stereocenters. The van der Waals surface area contributed by atoms with Crippen LogP contribution in [0.25, 0.3) is 0 Å². The fourth-order valence-corrected chi connectivity index (χ4v) is 3.14. The Morgan fingerprint density at radius 2 is 2.00 bits per heavy atom. The maximum absolute atomic E-state index is 13.8. The Morgan fingerprint density at radius 3 is 2.65 bits per heavy atom. The van der Waals surface area contributed by atoms with Gasteiger partial charge >= 0.3 is 0 Å². The number of benzene rings is 1. The summed E-state index contributed by atoms with van der Waals surface area (Å²) in [5, 5.41) is 3.40. The van der Waals surface area contributed by atoms with Crippen molar-refractivity contribution < 1.29 is 13.5 Å². The number of rotatable bonds is 7. The molecule has 1 aliphatic carbocycles. The quantitative estimate of drug-likeness (QED) is 0.775. The predicted octanol–water partition coefficient (Wildman–Crippen LogP) is 3.30. The molecule has 20 heavy (non-hydrogen) atoms. The van der Waals surface area contributed by atoms with Crippen molar-refractivity contribution in [2.24, 2.45) is 5.41 Å². The van der Waals surface area contributed by atoms with Crippen molar-refractivity contribution in [1.82, 2.24) is 5.32 Å². The van der Waals surface area contributed by atoms with Gasteiger partial charge in [-0.2, -0.15) is 0 Å². The van der Waals surface area contributed by atoms with Gasteiger partial charge in [0.05, 0.1) is 6.61 Å². The summed E-state index contributed by atoms with van der Waals surface area (Å²) in [5.74, 6) is -0.932. The second kappa shape index (κ2) is 7.14. The van der Waals surface area contributed by atoms with Crippen molar-refractivity contribution in [2.45, 2.75) is 32.1 Å². The summed E-state index contributed by atoms with van der Waals surface area (Å²) in [7, 11) is 1.68. The van der Waals surface area contributed by atoms with E-state index in [4.69, 9.17) is 4.74 Å². The number of ether oxygens (including phenoxy) is 1. The van der Waals surface area contributed by atoms with E-state index in [1.54, 1.807) is 13.2 Å². The molecule has 0 unspecified atom stereocenters. The second-order valence-electron chi connectivity index (χ2n) is 5.79. The summed E-state index contributed by atoms with van der Waals surface area (Å²) in [6, 6.07) is 3.91. The van der Waals surface area contributed by atoms with Crippen LogP contribution in [0.5, 0.6) is 0 Å². The molecule has 0 radical (unpaired) electrons. The van der Waals surface area contributed by atoms with E-state index in [-0.39, 0.29) is 5.41 Å². The van der Waals surface area contributed by atoms with Crippen molar-refractivity contribution >= 4 is 0 Å². The Hall–Kier alpha value is -1.00. The van der Waals surface area contributed by atoms with Gasteiger partial charge in [-0.3, -0.25) is 0 Å². The van der Waals surface area contributed by atoms with Crippen LogP contribution in [0.15, 0.2) is 18.2 Å². The van der Waals surface area contributed by atoms with E-state index in [0.717, 1.165) is 32.0 Å². The highest BCUT2D eigenvalue weighted by molar-refractivity contribution is 5.20. The van der Waals surface area contributed by atoms with E-state index in [0.29, 0.717) is 18.6 Å². The van der Waals surface area contributed by atoms with Crippen LogP contribution < -0.4 is 5.32 Å². The van der Waals surface area contributed by atoms with Gasteiger partial charge in [-0.1, -0.05) is 18.9 Å². The van der Waals surface area contributed by atoms with Crippen LogP contribution in [0, 0.1) is 17.0 Å². The lowest BCUT2D eigenvalue weighted by molar-refractivity contribution is 0.189. The first-order chi connectivity index (χ1) is 9.65. The van der Waals surface area contributed by atoms with Crippen molar-refractivity contribution in [1.29, 1.82) is 0 Å². The van der Waals surface area contributed by atoms with Gasteiger partial charge in [0.25, 0.3) is 0 Å². The third-order valence-electron chi connectivity index (χ3n) is 4.23. The normalized spacial score (nSPS) is 17.6. The molecule has 0 aliphatic heterocycles. The smallest absolute Gasteiger partial charge is 0.129 e. The molecule has 1 saturated carbocycles. The summed E-state index contributed by atoms with van der Waals surface area (Å²) in [5.41, 5.74) is 0.730. The van der Waals surface area contributed by atoms with Gasteiger partial charge < -0.3 is 10.1 Å². The van der Waals surface area contributed by atoms with Crippen molar-refractivity contribution in [3.05, 3.63) is 35.4 Å². The molecule has 0 heterocycles. The monoisotopic (exact) mass is 283 g/mol. The van der Waals surface area contributed by atoms with Crippen molar-refractivity contribution in [2.75, 3.05) is 26.8 Å². The standard InChI is InChI=1S/C16H23F2NO/c1-20-9-8-19-12-16(6-2-3-7-16)11-13-4-5-14(17)10-15(13)18/h4-5,10,19H,2-3,6-9,11-12H2,1H3. The summed E-state index contributed by atoms with van der Waals surface area (Å²) in [6.07, 6.45) is 5.26. The number of hydrogen-bond donors (Lipinski definition) is 1. The highest BCUT2D eigenvalue weighted by Crippen LogP contribution is 2.40. The predicted molar refractivity (Wildman–Crippen MR) is 75.7 cm³/mol. The lowest BCUT2D eigenvalue weighted by Crippen LogP contribution is -2.35. The molecule has 4 heteroatoms. The largest absolute Gasteiger partial charge is 0.383 e. The first-order valence-electron chi connectivity index (χ1n) is 7.29. The summed E-state index contributed by atoms with van der Waals surface area (Å²) < 4.78 is 31.8. The number of halogens is 2. The maximum Gasteiger partial charge on any atom is 0.129 e. The van der Waals surface area contributed by atoms with Crippen molar-refractivity contribution in [3.63, 3.8) is 0 Å². The highest BCUT2D eigenvalue weighted by atomic mass is 19.1. The lowest BCUT2D eigenvalue weighted by atomic mass is 9.79. The lowest BCUT2D eigenvalue weighted by Gasteiger charge is -2.30. The van der Waals surface area contributed by atoms with Crippen LogP contribution in [0.3, 0.4) is 0 Å². The Bertz CT molecular complexity index is 430. The molecule has 1 fully saturated rings. The van der Waals surface area contributed by atoms with Gasteiger partial charge in [0, 0.05) is 26.3 Å². The molecule has 1 N–H and O–H groups in total. The molecule has 2 rings (SSSR count). The minimum absolute atomic E-state index is 0.104. The summed E-state index contributed by atoms with van der Waals surface area (Å²) in [6.45, 7) is 2.36. The summed E-state index contributed by atoms with van der Waals surface area (Å²) in [4.78, 5) is 0. The Morgan fingerprint density at radius 1 is 1.25 bits per heavy atom. The summed E-state index contributed by atoms with van der Waals surface area (Å²) >= 11 is 0. The minimum atomic E-state index is -0.509. The van der Waals surface area contributed by atoms with Crippen LogP contribution in [0.1, 0.15) is 31.2 Å². The Balaban J connectivity index is 2.01. The molecule has 1 aromatic carbocycles. The topological polar surface area (TPSA) is 21.3 Å². The van der Waals surface area contributed by atoms with Crippen LogP contribution in [0.4, 0.5) is 8.78 Å². The van der Waals surface area contributed by atoms with E-state index in [1.807, 2.05) is 0 Å². The van der Waals surface area contributed by atoms with Crippen LogP contribution in [0.2, 0.25) is 0 Å². The zero-order valence-corrected chi connectivity index (χ0v) is 12.1. The zero-order chi connectivity index (χ0) is 14.4. The fourth-order valence-electron chi connectivity index (χ4n) is 3.14. The molecular weight excluding hydrogens is 260 g/mol. The number of nitrogens with one attached hydrogen (secondary N) is 1. The molecule has 0 bridgehead atoms.